The molecule has 0 aliphatic carbocycles. The van der Waals surface area contributed by atoms with Crippen molar-refractivity contribution in [3.8, 4) is 0 Å². The lowest BCUT2D eigenvalue weighted by molar-refractivity contribution is 0.238. The molecule has 0 saturated carbocycles. The summed E-state index contributed by atoms with van der Waals surface area (Å²) >= 11 is 0. The fourth-order valence-electron chi connectivity index (χ4n) is 1.65. The highest BCUT2D eigenvalue weighted by Gasteiger charge is 2.22. The van der Waals surface area contributed by atoms with Gasteiger partial charge in [0.2, 0.25) is 0 Å². The Labute approximate surface area is 77.2 Å². The molecule has 1 aromatic rings. The first-order valence-corrected chi connectivity index (χ1v) is 4.53. The van der Waals surface area contributed by atoms with E-state index in [0.717, 1.165) is 25.3 Å². The number of aromatic nitrogens is 2. The predicted octanol–water partition coefficient (Wildman–Crippen LogP) is 0.295. The van der Waals surface area contributed by atoms with E-state index in [4.69, 9.17) is 5.11 Å². The third kappa shape index (κ3) is 1.78. The van der Waals surface area contributed by atoms with Crippen LogP contribution in [0.3, 0.4) is 0 Å². The maximum Gasteiger partial charge on any atom is 0.151 e. The molecule has 1 aliphatic rings. The third-order valence-electron chi connectivity index (χ3n) is 2.43. The van der Waals surface area contributed by atoms with Gasteiger partial charge in [-0.1, -0.05) is 0 Å². The van der Waals surface area contributed by atoms with Gasteiger partial charge in [-0.05, 0) is 18.6 Å². The van der Waals surface area contributed by atoms with Gasteiger partial charge in [-0.15, -0.1) is 5.10 Å². The molecule has 0 radical (unpaired) electrons. The number of aliphatic hydroxyl groups is 1. The van der Waals surface area contributed by atoms with E-state index in [1.54, 1.807) is 6.20 Å². The van der Waals surface area contributed by atoms with Crippen LogP contribution in [0.15, 0.2) is 18.3 Å². The zero-order valence-electron chi connectivity index (χ0n) is 7.43. The van der Waals surface area contributed by atoms with E-state index < -0.39 is 0 Å². The number of rotatable bonds is 2. The van der Waals surface area contributed by atoms with Gasteiger partial charge in [-0.25, -0.2) is 0 Å². The van der Waals surface area contributed by atoms with Crippen LogP contribution in [-0.2, 0) is 0 Å². The normalized spacial score (nSPS) is 22.2. The molecule has 2 heterocycles. The lowest BCUT2D eigenvalue weighted by atomic mass is 10.1. The van der Waals surface area contributed by atoms with E-state index >= 15 is 0 Å². The minimum Gasteiger partial charge on any atom is -0.396 e. The van der Waals surface area contributed by atoms with Gasteiger partial charge in [0.15, 0.2) is 5.82 Å². The molecule has 0 aromatic carbocycles. The summed E-state index contributed by atoms with van der Waals surface area (Å²) in [5.74, 6) is 1.32. The molecule has 4 nitrogen and oxygen atoms in total. The number of hydrogen-bond donors (Lipinski definition) is 1. The maximum atomic E-state index is 8.97. The first-order chi connectivity index (χ1) is 6.40. The Balaban J connectivity index is 2.04. The van der Waals surface area contributed by atoms with Gasteiger partial charge >= 0.3 is 0 Å². The first kappa shape index (κ1) is 8.44. The molecular weight excluding hydrogens is 166 g/mol. The second kappa shape index (κ2) is 3.70. The van der Waals surface area contributed by atoms with Crippen LogP contribution < -0.4 is 4.90 Å². The van der Waals surface area contributed by atoms with Crippen LogP contribution in [0.2, 0.25) is 0 Å². The molecule has 2 rings (SSSR count). The second-order valence-corrected chi connectivity index (χ2v) is 3.37. The Hall–Kier alpha value is -1.16. The topological polar surface area (TPSA) is 49.2 Å². The first-order valence-electron chi connectivity index (χ1n) is 4.53. The Morgan fingerprint density at radius 3 is 3.15 bits per heavy atom. The van der Waals surface area contributed by atoms with Gasteiger partial charge in [0, 0.05) is 31.8 Å². The Morgan fingerprint density at radius 2 is 2.54 bits per heavy atom. The summed E-state index contributed by atoms with van der Waals surface area (Å²) in [5.41, 5.74) is 0. The van der Waals surface area contributed by atoms with Crippen LogP contribution in [0.25, 0.3) is 0 Å². The van der Waals surface area contributed by atoms with Crippen molar-refractivity contribution >= 4 is 5.82 Å². The largest absolute Gasteiger partial charge is 0.396 e. The maximum absolute atomic E-state index is 8.97. The van der Waals surface area contributed by atoms with E-state index in [-0.39, 0.29) is 6.61 Å². The van der Waals surface area contributed by atoms with Gasteiger partial charge in [-0.2, -0.15) is 5.10 Å². The predicted molar refractivity (Wildman–Crippen MR) is 49.4 cm³/mol. The zero-order chi connectivity index (χ0) is 9.10. The van der Waals surface area contributed by atoms with E-state index in [2.05, 4.69) is 15.1 Å². The average Bonchev–Trinajstić information content (AvgIpc) is 2.67. The molecule has 0 amide bonds. The van der Waals surface area contributed by atoms with Crippen molar-refractivity contribution in [3.05, 3.63) is 18.3 Å². The molecule has 1 saturated heterocycles. The molecule has 1 aromatic heterocycles. The highest BCUT2D eigenvalue weighted by molar-refractivity contribution is 5.37. The molecule has 1 fully saturated rings. The van der Waals surface area contributed by atoms with E-state index in [1.165, 1.54) is 0 Å². The monoisotopic (exact) mass is 179 g/mol. The number of aliphatic hydroxyl groups excluding tert-OH is 1. The molecular formula is C9H13N3O. The van der Waals surface area contributed by atoms with Crippen molar-refractivity contribution < 1.29 is 5.11 Å². The zero-order valence-corrected chi connectivity index (χ0v) is 7.43. The Kier molecular flexibility index (Phi) is 2.40. The molecule has 1 atom stereocenters. The minimum atomic E-state index is 0.275. The smallest absolute Gasteiger partial charge is 0.151 e. The summed E-state index contributed by atoms with van der Waals surface area (Å²) in [4.78, 5) is 2.16. The lowest BCUT2D eigenvalue weighted by Crippen LogP contribution is -2.21. The Bertz CT molecular complexity index is 265. The van der Waals surface area contributed by atoms with Crippen LogP contribution in [0, 0.1) is 5.92 Å². The van der Waals surface area contributed by atoms with Crippen LogP contribution in [0.4, 0.5) is 5.82 Å². The minimum absolute atomic E-state index is 0.275. The van der Waals surface area contributed by atoms with E-state index in [0.29, 0.717) is 5.92 Å². The van der Waals surface area contributed by atoms with Crippen LogP contribution >= 0.6 is 0 Å². The fourth-order valence-corrected chi connectivity index (χ4v) is 1.65. The van der Waals surface area contributed by atoms with Crippen LogP contribution in [0.5, 0.6) is 0 Å². The van der Waals surface area contributed by atoms with Crippen molar-refractivity contribution in [1.82, 2.24) is 10.2 Å². The summed E-state index contributed by atoms with van der Waals surface area (Å²) in [6.45, 7) is 2.15. The quantitative estimate of drug-likeness (QED) is 0.709. The van der Waals surface area contributed by atoms with Crippen molar-refractivity contribution in [3.63, 3.8) is 0 Å². The molecule has 1 aliphatic heterocycles. The molecule has 0 bridgehead atoms. The molecule has 70 valence electrons. The van der Waals surface area contributed by atoms with Gasteiger partial charge in [-0.3, -0.25) is 0 Å². The summed E-state index contributed by atoms with van der Waals surface area (Å²) in [6.07, 6.45) is 2.72. The average molecular weight is 179 g/mol. The van der Waals surface area contributed by atoms with E-state index in [1.807, 2.05) is 12.1 Å². The van der Waals surface area contributed by atoms with Crippen LogP contribution in [-0.4, -0.2) is 35.0 Å². The summed E-state index contributed by atoms with van der Waals surface area (Å²) in [5, 5.41) is 16.8. The molecule has 1 unspecified atom stereocenters. The SMILES string of the molecule is OCC1CCN(c2cccnn2)C1. The van der Waals surface area contributed by atoms with Crippen LogP contribution in [0.1, 0.15) is 6.42 Å². The van der Waals surface area contributed by atoms with Crippen molar-refractivity contribution in [2.45, 2.75) is 6.42 Å². The third-order valence-corrected chi connectivity index (χ3v) is 2.43. The van der Waals surface area contributed by atoms with Gasteiger partial charge in [0.25, 0.3) is 0 Å². The van der Waals surface area contributed by atoms with Crippen molar-refractivity contribution in [1.29, 1.82) is 0 Å². The van der Waals surface area contributed by atoms with Crippen molar-refractivity contribution in [2.24, 2.45) is 5.92 Å². The second-order valence-electron chi connectivity index (χ2n) is 3.37. The molecule has 0 spiro atoms. The van der Waals surface area contributed by atoms with Gasteiger partial charge in [0.1, 0.15) is 0 Å². The highest BCUT2D eigenvalue weighted by atomic mass is 16.3. The lowest BCUT2D eigenvalue weighted by Gasteiger charge is -2.15. The number of anilines is 1. The molecule has 13 heavy (non-hydrogen) atoms. The molecule has 4 heteroatoms. The fraction of sp³-hybridized carbons (Fsp3) is 0.556. The Morgan fingerprint density at radius 1 is 1.62 bits per heavy atom. The number of nitrogens with zero attached hydrogens (tertiary/aromatic N) is 3. The van der Waals surface area contributed by atoms with Gasteiger partial charge in [0.05, 0.1) is 0 Å². The summed E-state index contributed by atoms with van der Waals surface area (Å²) < 4.78 is 0. The van der Waals surface area contributed by atoms with E-state index in [9.17, 15) is 0 Å². The van der Waals surface area contributed by atoms with Gasteiger partial charge < -0.3 is 10.0 Å². The molecule has 1 N–H and O–H groups in total. The highest BCUT2D eigenvalue weighted by Crippen LogP contribution is 2.20. The summed E-state index contributed by atoms with van der Waals surface area (Å²) in [7, 11) is 0. The standard InChI is InChI=1S/C9H13N3O/c13-7-8-3-5-12(6-8)9-2-1-4-10-11-9/h1-2,4,8,13H,3,5-7H2. The van der Waals surface area contributed by atoms with Crippen molar-refractivity contribution in [2.75, 3.05) is 24.6 Å². The number of hydrogen-bond acceptors (Lipinski definition) is 4. The summed E-state index contributed by atoms with van der Waals surface area (Å²) in [6, 6.07) is 3.83.